The standard InChI is InChI=1S/C16H32N2/c1-16(2,3)15-13-18(11-7-10-17-15)12-14-8-5-4-6-9-14/h14-15,17H,4-13H2,1-3H3. The van der Waals surface area contributed by atoms with Crippen molar-refractivity contribution in [2.24, 2.45) is 11.3 Å². The van der Waals surface area contributed by atoms with Crippen molar-refractivity contribution in [1.82, 2.24) is 10.2 Å². The molecule has 0 bridgehead atoms. The second kappa shape index (κ2) is 6.38. The van der Waals surface area contributed by atoms with Crippen molar-refractivity contribution in [3.05, 3.63) is 0 Å². The van der Waals surface area contributed by atoms with Gasteiger partial charge in [-0.15, -0.1) is 0 Å². The van der Waals surface area contributed by atoms with Crippen molar-refractivity contribution in [3.63, 3.8) is 0 Å². The summed E-state index contributed by atoms with van der Waals surface area (Å²) in [4.78, 5) is 2.74. The Morgan fingerprint density at radius 1 is 1.06 bits per heavy atom. The first-order valence-electron chi connectivity index (χ1n) is 8.01. The van der Waals surface area contributed by atoms with Crippen molar-refractivity contribution >= 4 is 0 Å². The highest BCUT2D eigenvalue weighted by Crippen LogP contribution is 2.26. The van der Waals surface area contributed by atoms with Crippen LogP contribution in [0, 0.1) is 11.3 Å². The lowest BCUT2D eigenvalue weighted by Crippen LogP contribution is -2.47. The molecule has 2 rings (SSSR count). The van der Waals surface area contributed by atoms with E-state index in [0.29, 0.717) is 11.5 Å². The summed E-state index contributed by atoms with van der Waals surface area (Å²) in [7, 11) is 0. The van der Waals surface area contributed by atoms with Gasteiger partial charge in [-0.2, -0.15) is 0 Å². The minimum Gasteiger partial charge on any atom is -0.312 e. The first-order valence-corrected chi connectivity index (χ1v) is 8.01. The minimum absolute atomic E-state index is 0.384. The van der Waals surface area contributed by atoms with Crippen molar-refractivity contribution in [3.8, 4) is 0 Å². The largest absolute Gasteiger partial charge is 0.312 e. The van der Waals surface area contributed by atoms with E-state index >= 15 is 0 Å². The van der Waals surface area contributed by atoms with Gasteiger partial charge in [0, 0.05) is 19.1 Å². The summed E-state index contributed by atoms with van der Waals surface area (Å²) in [6.45, 7) is 12.2. The summed E-state index contributed by atoms with van der Waals surface area (Å²) in [6.07, 6.45) is 8.69. The van der Waals surface area contributed by atoms with Gasteiger partial charge >= 0.3 is 0 Å². The van der Waals surface area contributed by atoms with Gasteiger partial charge in [-0.05, 0) is 43.7 Å². The van der Waals surface area contributed by atoms with Crippen LogP contribution in [-0.4, -0.2) is 37.1 Å². The van der Waals surface area contributed by atoms with Crippen LogP contribution in [0.25, 0.3) is 0 Å². The third kappa shape index (κ3) is 4.24. The molecule has 1 saturated heterocycles. The molecule has 2 fully saturated rings. The van der Waals surface area contributed by atoms with Gasteiger partial charge in [-0.25, -0.2) is 0 Å². The molecule has 0 aromatic heterocycles. The Kier molecular flexibility index (Phi) is 5.08. The SMILES string of the molecule is CC(C)(C)C1CN(CC2CCCCC2)CCCN1. The fourth-order valence-corrected chi connectivity index (χ4v) is 3.47. The van der Waals surface area contributed by atoms with Crippen LogP contribution in [0.15, 0.2) is 0 Å². The number of hydrogen-bond donors (Lipinski definition) is 1. The van der Waals surface area contributed by atoms with Crippen LogP contribution < -0.4 is 5.32 Å². The molecular formula is C16H32N2. The van der Waals surface area contributed by atoms with Gasteiger partial charge in [0.25, 0.3) is 0 Å². The molecule has 0 radical (unpaired) electrons. The van der Waals surface area contributed by atoms with Crippen molar-refractivity contribution in [1.29, 1.82) is 0 Å². The average molecular weight is 252 g/mol. The molecule has 0 amide bonds. The molecular weight excluding hydrogens is 220 g/mol. The molecule has 2 heteroatoms. The van der Waals surface area contributed by atoms with Gasteiger partial charge in [0.15, 0.2) is 0 Å². The lowest BCUT2D eigenvalue weighted by Gasteiger charge is -2.35. The Balaban J connectivity index is 1.86. The quantitative estimate of drug-likeness (QED) is 0.811. The summed E-state index contributed by atoms with van der Waals surface area (Å²) in [5.74, 6) is 0.984. The van der Waals surface area contributed by atoms with Crippen LogP contribution in [0.1, 0.15) is 59.3 Å². The van der Waals surface area contributed by atoms with Crippen molar-refractivity contribution < 1.29 is 0 Å². The smallest absolute Gasteiger partial charge is 0.0243 e. The third-order valence-corrected chi connectivity index (χ3v) is 4.77. The van der Waals surface area contributed by atoms with Gasteiger partial charge < -0.3 is 10.2 Å². The van der Waals surface area contributed by atoms with Crippen molar-refractivity contribution in [2.45, 2.75) is 65.3 Å². The molecule has 18 heavy (non-hydrogen) atoms. The fourth-order valence-electron chi connectivity index (χ4n) is 3.47. The molecule has 0 spiro atoms. The van der Waals surface area contributed by atoms with E-state index in [0.717, 1.165) is 5.92 Å². The van der Waals surface area contributed by atoms with E-state index in [1.165, 1.54) is 64.7 Å². The zero-order valence-electron chi connectivity index (χ0n) is 12.7. The van der Waals surface area contributed by atoms with E-state index in [-0.39, 0.29) is 0 Å². The predicted molar refractivity (Wildman–Crippen MR) is 78.9 cm³/mol. The lowest BCUT2D eigenvalue weighted by atomic mass is 9.85. The van der Waals surface area contributed by atoms with Gasteiger partial charge in [0.05, 0.1) is 0 Å². The van der Waals surface area contributed by atoms with Gasteiger partial charge in [-0.3, -0.25) is 0 Å². The Morgan fingerprint density at radius 3 is 2.44 bits per heavy atom. The highest BCUT2D eigenvalue weighted by Gasteiger charge is 2.29. The van der Waals surface area contributed by atoms with Gasteiger partial charge in [0.1, 0.15) is 0 Å². The summed E-state index contributed by atoms with van der Waals surface area (Å²) < 4.78 is 0. The summed E-state index contributed by atoms with van der Waals surface area (Å²) in [5.41, 5.74) is 0.384. The number of nitrogens with zero attached hydrogens (tertiary/aromatic N) is 1. The van der Waals surface area contributed by atoms with Crippen LogP contribution >= 0.6 is 0 Å². The maximum atomic E-state index is 3.75. The third-order valence-electron chi connectivity index (χ3n) is 4.77. The summed E-state index contributed by atoms with van der Waals surface area (Å²) >= 11 is 0. The Bertz CT molecular complexity index is 238. The minimum atomic E-state index is 0.384. The Labute approximate surface area is 114 Å². The molecule has 0 aromatic rings. The predicted octanol–water partition coefficient (Wildman–Crippen LogP) is 3.28. The highest BCUT2D eigenvalue weighted by molar-refractivity contribution is 4.86. The summed E-state index contributed by atoms with van der Waals surface area (Å²) in [5, 5.41) is 3.75. The maximum Gasteiger partial charge on any atom is 0.0243 e. The van der Waals surface area contributed by atoms with E-state index in [9.17, 15) is 0 Å². The summed E-state index contributed by atoms with van der Waals surface area (Å²) in [6, 6.07) is 0.656. The van der Waals surface area contributed by atoms with Crippen LogP contribution in [0.4, 0.5) is 0 Å². The fraction of sp³-hybridized carbons (Fsp3) is 1.00. The van der Waals surface area contributed by atoms with E-state index in [4.69, 9.17) is 0 Å². The van der Waals surface area contributed by atoms with E-state index in [1.54, 1.807) is 0 Å². The zero-order valence-corrected chi connectivity index (χ0v) is 12.7. The highest BCUT2D eigenvalue weighted by atomic mass is 15.2. The lowest BCUT2D eigenvalue weighted by molar-refractivity contribution is 0.163. The normalized spacial score (nSPS) is 29.2. The van der Waals surface area contributed by atoms with Gasteiger partial charge in [0.2, 0.25) is 0 Å². The van der Waals surface area contributed by atoms with Crippen LogP contribution in [-0.2, 0) is 0 Å². The molecule has 1 unspecified atom stereocenters. The first-order chi connectivity index (χ1) is 8.55. The molecule has 106 valence electrons. The average Bonchev–Trinajstić information content (AvgIpc) is 2.55. The molecule has 1 aliphatic carbocycles. The maximum absolute atomic E-state index is 3.75. The van der Waals surface area contributed by atoms with E-state index < -0.39 is 0 Å². The Hall–Kier alpha value is -0.0800. The molecule has 1 N–H and O–H groups in total. The molecule has 2 nitrogen and oxygen atoms in total. The molecule has 0 aromatic carbocycles. The number of hydrogen-bond acceptors (Lipinski definition) is 2. The van der Waals surface area contributed by atoms with E-state index in [1.807, 2.05) is 0 Å². The second-order valence-electron chi connectivity index (χ2n) is 7.49. The van der Waals surface area contributed by atoms with E-state index in [2.05, 4.69) is 31.0 Å². The van der Waals surface area contributed by atoms with Gasteiger partial charge in [-0.1, -0.05) is 40.0 Å². The van der Waals surface area contributed by atoms with Crippen molar-refractivity contribution in [2.75, 3.05) is 26.2 Å². The molecule has 1 saturated carbocycles. The first kappa shape index (κ1) is 14.3. The Morgan fingerprint density at radius 2 is 1.78 bits per heavy atom. The molecule has 1 aliphatic heterocycles. The zero-order chi connectivity index (χ0) is 13.0. The molecule has 1 atom stereocenters. The van der Waals surface area contributed by atoms with Crippen LogP contribution in [0.2, 0.25) is 0 Å². The van der Waals surface area contributed by atoms with Crippen LogP contribution in [0.5, 0.6) is 0 Å². The molecule has 1 heterocycles. The topological polar surface area (TPSA) is 15.3 Å². The monoisotopic (exact) mass is 252 g/mol. The van der Waals surface area contributed by atoms with Crippen LogP contribution in [0.3, 0.4) is 0 Å². The molecule has 2 aliphatic rings. The number of nitrogens with one attached hydrogen (secondary N) is 1. The second-order valence-corrected chi connectivity index (χ2v) is 7.49. The number of rotatable bonds is 2.